The van der Waals surface area contributed by atoms with E-state index in [1.807, 2.05) is 6.92 Å². The molecule has 0 aromatic heterocycles. The van der Waals surface area contributed by atoms with Crippen LogP contribution in [0.15, 0.2) is 0 Å². The molecule has 0 heterocycles. The van der Waals surface area contributed by atoms with Crippen LogP contribution in [0.4, 0.5) is 0 Å². The minimum Gasteiger partial charge on any atom is -0.269 e. The number of hydrogen-bond donors (Lipinski definition) is 0. The first-order valence-corrected chi connectivity index (χ1v) is 5.16. The lowest BCUT2D eigenvalue weighted by Crippen LogP contribution is -2.07. The second-order valence-electron chi connectivity index (χ2n) is 1.84. The number of unbranched alkanes of at least 4 members (excludes halogenated alkanes) is 1. The summed E-state index contributed by atoms with van der Waals surface area (Å²) < 4.78 is 25.5. The first kappa shape index (κ1) is 10.2. The molecule has 0 aliphatic heterocycles. The van der Waals surface area contributed by atoms with Crippen molar-refractivity contribution < 1.29 is 12.6 Å². The smallest absolute Gasteiger partial charge is 0.269 e. The molecule has 3 nitrogen and oxygen atoms in total. The molecular formula is C5H11ClO3S. The van der Waals surface area contributed by atoms with E-state index in [2.05, 4.69) is 4.18 Å². The zero-order valence-corrected chi connectivity index (χ0v) is 7.41. The molecule has 0 atom stereocenters. The molecule has 0 bridgehead atoms. The predicted octanol–water partition coefficient (Wildman–Crippen LogP) is 1.33. The summed E-state index contributed by atoms with van der Waals surface area (Å²) in [5.74, 6) is 0. The Morgan fingerprint density at radius 1 is 1.50 bits per heavy atom. The Hall–Kier alpha value is 0.200. The van der Waals surface area contributed by atoms with Crippen LogP contribution in [0.2, 0.25) is 0 Å². The van der Waals surface area contributed by atoms with Gasteiger partial charge in [0, 0.05) is 0 Å². The summed E-state index contributed by atoms with van der Waals surface area (Å²) in [7, 11) is -3.43. The average Bonchev–Trinajstić information content (AvgIpc) is 1.89. The van der Waals surface area contributed by atoms with E-state index in [4.69, 9.17) is 11.6 Å². The fraction of sp³-hybridized carbons (Fsp3) is 1.00. The van der Waals surface area contributed by atoms with Crippen molar-refractivity contribution in [3.8, 4) is 0 Å². The predicted molar refractivity (Wildman–Crippen MR) is 40.5 cm³/mol. The molecule has 0 amide bonds. The number of hydrogen-bond acceptors (Lipinski definition) is 3. The molecule has 0 rings (SSSR count). The largest absolute Gasteiger partial charge is 0.281 e. The molecule has 0 unspecified atom stereocenters. The van der Waals surface area contributed by atoms with Crippen LogP contribution in [0.3, 0.4) is 0 Å². The Bertz CT molecular complexity index is 164. The van der Waals surface area contributed by atoms with E-state index in [1.165, 1.54) is 0 Å². The SMILES string of the molecule is CCCCOS(=O)(=O)CCl. The molecule has 0 aliphatic carbocycles. The fourth-order valence-electron chi connectivity index (χ4n) is 0.362. The molecule has 0 saturated carbocycles. The maximum atomic E-state index is 10.5. The van der Waals surface area contributed by atoms with Gasteiger partial charge in [-0.3, -0.25) is 4.18 Å². The molecule has 10 heavy (non-hydrogen) atoms. The van der Waals surface area contributed by atoms with Gasteiger partial charge in [-0.2, -0.15) is 8.42 Å². The van der Waals surface area contributed by atoms with Crippen LogP contribution in [0, 0.1) is 0 Å². The maximum Gasteiger partial charge on any atom is 0.281 e. The number of rotatable bonds is 5. The molecular weight excluding hydrogens is 176 g/mol. The zero-order valence-electron chi connectivity index (χ0n) is 5.84. The van der Waals surface area contributed by atoms with Crippen molar-refractivity contribution >= 4 is 21.7 Å². The highest BCUT2D eigenvalue weighted by atomic mass is 35.5. The summed E-state index contributed by atoms with van der Waals surface area (Å²) in [5.41, 5.74) is 0. The third-order valence-electron chi connectivity index (χ3n) is 0.894. The van der Waals surface area contributed by atoms with Crippen molar-refractivity contribution in [3.63, 3.8) is 0 Å². The van der Waals surface area contributed by atoms with Gasteiger partial charge in [0.1, 0.15) is 5.21 Å². The Morgan fingerprint density at radius 3 is 2.50 bits per heavy atom. The molecule has 5 heteroatoms. The summed E-state index contributed by atoms with van der Waals surface area (Å²) in [4.78, 5) is 0. The van der Waals surface area contributed by atoms with Crippen LogP contribution < -0.4 is 0 Å². The van der Waals surface area contributed by atoms with E-state index in [0.717, 1.165) is 12.8 Å². The standard InChI is InChI=1S/C5H11ClO3S/c1-2-3-4-9-10(7,8)5-6/h2-5H2,1H3. The molecule has 0 aromatic carbocycles. The van der Waals surface area contributed by atoms with Crippen LogP contribution >= 0.6 is 11.6 Å². The normalized spacial score (nSPS) is 11.8. The Balaban J connectivity index is 3.49. The monoisotopic (exact) mass is 186 g/mol. The van der Waals surface area contributed by atoms with Crippen molar-refractivity contribution in [1.82, 2.24) is 0 Å². The lowest BCUT2D eigenvalue weighted by Gasteiger charge is -1.99. The van der Waals surface area contributed by atoms with E-state index in [-0.39, 0.29) is 6.61 Å². The molecule has 0 aromatic rings. The first-order valence-electron chi connectivity index (χ1n) is 3.05. The van der Waals surface area contributed by atoms with Gasteiger partial charge < -0.3 is 0 Å². The lowest BCUT2D eigenvalue weighted by molar-refractivity contribution is 0.313. The highest BCUT2D eigenvalue weighted by molar-refractivity contribution is 7.87. The minimum absolute atomic E-state index is 0.242. The van der Waals surface area contributed by atoms with Gasteiger partial charge in [-0.05, 0) is 6.42 Å². The summed E-state index contributed by atoms with van der Waals surface area (Å²) in [6.45, 7) is 2.20. The fourth-order valence-corrected chi connectivity index (χ4v) is 0.985. The van der Waals surface area contributed by atoms with Crippen molar-refractivity contribution in [2.75, 3.05) is 11.8 Å². The van der Waals surface area contributed by atoms with Gasteiger partial charge >= 0.3 is 0 Å². The quantitative estimate of drug-likeness (QED) is 0.370. The van der Waals surface area contributed by atoms with E-state index >= 15 is 0 Å². The third kappa shape index (κ3) is 5.02. The summed E-state index contributed by atoms with van der Waals surface area (Å²) in [6, 6.07) is 0. The molecule has 0 radical (unpaired) electrons. The maximum absolute atomic E-state index is 10.5. The Labute approximate surface area is 66.5 Å². The highest BCUT2D eigenvalue weighted by Crippen LogP contribution is 1.98. The summed E-state index contributed by atoms with van der Waals surface area (Å²) in [6.07, 6.45) is 1.66. The molecule has 0 spiro atoms. The first-order chi connectivity index (χ1) is 4.62. The van der Waals surface area contributed by atoms with Crippen LogP contribution in [0.1, 0.15) is 19.8 Å². The van der Waals surface area contributed by atoms with Gasteiger partial charge in [0.25, 0.3) is 10.1 Å². The van der Waals surface area contributed by atoms with E-state index < -0.39 is 15.3 Å². The van der Waals surface area contributed by atoms with Crippen molar-refractivity contribution in [2.45, 2.75) is 19.8 Å². The van der Waals surface area contributed by atoms with Crippen LogP contribution in [-0.4, -0.2) is 20.2 Å². The highest BCUT2D eigenvalue weighted by Gasteiger charge is 2.06. The van der Waals surface area contributed by atoms with E-state index in [9.17, 15) is 8.42 Å². The average molecular weight is 187 g/mol. The van der Waals surface area contributed by atoms with Gasteiger partial charge in [0.2, 0.25) is 0 Å². The topological polar surface area (TPSA) is 43.4 Å². The number of alkyl halides is 1. The van der Waals surface area contributed by atoms with Gasteiger partial charge in [-0.25, -0.2) is 0 Å². The van der Waals surface area contributed by atoms with Crippen molar-refractivity contribution in [2.24, 2.45) is 0 Å². The van der Waals surface area contributed by atoms with Gasteiger partial charge in [-0.15, -0.1) is 11.6 Å². The van der Waals surface area contributed by atoms with E-state index in [1.54, 1.807) is 0 Å². The van der Waals surface area contributed by atoms with Crippen molar-refractivity contribution in [1.29, 1.82) is 0 Å². The van der Waals surface area contributed by atoms with Gasteiger partial charge in [0.05, 0.1) is 6.61 Å². The Kier molecular flexibility index (Phi) is 5.03. The second-order valence-corrected chi connectivity index (χ2v) is 4.07. The molecule has 0 fully saturated rings. The van der Waals surface area contributed by atoms with Gasteiger partial charge in [-0.1, -0.05) is 13.3 Å². The van der Waals surface area contributed by atoms with Crippen LogP contribution in [-0.2, 0) is 14.3 Å². The Morgan fingerprint density at radius 2 is 2.10 bits per heavy atom. The molecule has 0 saturated heterocycles. The summed E-state index contributed by atoms with van der Waals surface area (Å²) >= 11 is 5.06. The summed E-state index contributed by atoms with van der Waals surface area (Å²) in [5, 5.41) is -0.462. The third-order valence-corrected chi connectivity index (χ3v) is 2.49. The lowest BCUT2D eigenvalue weighted by atomic mass is 10.4. The molecule has 0 aliphatic rings. The van der Waals surface area contributed by atoms with Crippen LogP contribution in [0.5, 0.6) is 0 Å². The minimum atomic E-state index is -3.43. The van der Waals surface area contributed by atoms with Crippen molar-refractivity contribution in [3.05, 3.63) is 0 Å². The molecule has 62 valence electrons. The van der Waals surface area contributed by atoms with Crippen LogP contribution in [0.25, 0.3) is 0 Å². The zero-order chi connectivity index (χ0) is 8.04. The van der Waals surface area contributed by atoms with Gasteiger partial charge in [0.15, 0.2) is 0 Å². The number of halogens is 1. The molecule has 0 N–H and O–H groups in total. The second kappa shape index (κ2) is 4.93. The van der Waals surface area contributed by atoms with E-state index in [0.29, 0.717) is 0 Å².